The van der Waals surface area contributed by atoms with Crippen LogP contribution in [0.2, 0.25) is 0 Å². The van der Waals surface area contributed by atoms with E-state index >= 15 is 0 Å². The molecule has 0 aliphatic heterocycles. The van der Waals surface area contributed by atoms with E-state index in [4.69, 9.17) is 15.0 Å². The van der Waals surface area contributed by atoms with Crippen LogP contribution < -0.4 is 0 Å². The van der Waals surface area contributed by atoms with E-state index < -0.39 is 0 Å². The summed E-state index contributed by atoms with van der Waals surface area (Å²) in [6.07, 6.45) is 0. The molecule has 0 spiro atoms. The van der Waals surface area contributed by atoms with Gasteiger partial charge in [0.1, 0.15) is 0 Å². The van der Waals surface area contributed by atoms with Crippen molar-refractivity contribution >= 4 is 21.8 Å². The summed E-state index contributed by atoms with van der Waals surface area (Å²) in [5, 5.41) is 12.3. The van der Waals surface area contributed by atoms with E-state index in [0.29, 0.717) is 23.0 Å². The van der Waals surface area contributed by atoms with Gasteiger partial charge in [-0.15, -0.1) is 0 Å². The first-order valence-corrected chi connectivity index (χ1v) is 23.1. The summed E-state index contributed by atoms with van der Waals surface area (Å²) < 4.78 is 2.38. The fourth-order valence-corrected chi connectivity index (χ4v) is 9.47. The molecular formula is C64H41N5. The lowest BCUT2D eigenvalue weighted by Gasteiger charge is -2.21. The Morgan fingerprint density at radius 3 is 1.06 bits per heavy atom. The van der Waals surface area contributed by atoms with Gasteiger partial charge in [-0.1, -0.05) is 206 Å². The Labute approximate surface area is 400 Å². The average molecular weight is 880 g/mol. The summed E-state index contributed by atoms with van der Waals surface area (Å²) >= 11 is 0. The molecule has 2 heterocycles. The van der Waals surface area contributed by atoms with Crippen LogP contribution >= 0.6 is 0 Å². The molecule has 0 fully saturated rings. The van der Waals surface area contributed by atoms with Crippen LogP contribution in [0.3, 0.4) is 0 Å². The molecule has 12 aromatic rings. The van der Waals surface area contributed by atoms with Crippen LogP contribution in [0.25, 0.3) is 117 Å². The van der Waals surface area contributed by atoms with E-state index in [-0.39, 0.29) is 0 Å². The molecule has 12 rings (SSSR count). The Morgan fingerprint density at radius 2 is 0.623 bits per heavy atom. The van der Waals surface area contributed by atoms with Gasteiger partial charge in [-0.3, -0.25) is 0 Å². The maximum absolute atomic E-state index is 10.2. The molecule has 0 N–H and O–H groups in total. The number of hydrogen-bond acceptors (Lipinski definition) is 4. The molecule has 5 nitrogen and oxygen atoms in total. The second-order valence-corrected chi connectivity index (χ2v) is 17.1. The van der Waals surface area contributed by atoms with Gasteiger partial charge in [-0.2, -0.15) is 5.26 Å². The molecule has 10 aromatic carbocycles. The Morgan fingerprint density at radius 1 is 0.290 bits per heavy atom. The summed E-state index contributed by atoms with van der Waals surface area (Å²) in [5.41, 5.74) is 17.1. The Kier molecular flexibility index (Phi) is 10.5. The first kappa shape index (κ1) is 41.0. The molecule has 69 heavy (non-hydrogen) atoms. The van der Waals surface area contributed by atoms with Gasteiger partial charge in [0.2, 0.25) is 0 Å². The number of aromatic nitrogens is 4. The zero-order chi connectivity index (χ0) is 46.1. The molecule has 0 radical (unpaired) electrons. The van der Waals surface area contributed by atoms with E-state index in [1.54, 1.807) is 0 Å². The zero-order valence-electron chi connectivity index (χ0n) is 37.4. The van der Waals surface area contributed by atoms with Gasteiger partial charge in [0, 0.05) is 38.6 Å². The van der Waals surface area contributed by atoms with Gasteiger partial charge in [-0.25, -0.2) is 15.0 Å². The van der Waals surface area contributed by atoms with Crippen molar-refractivity contribution in [3.8, 4) is 102 Å². The second kappa shape index (κ2) is 17.7. The first-order chi connectivity index (χ1) is 34.1. The minimum Gasteiger partial charge on any atom is -0.308 e. The molecule has 5 heteroatoms. The van der Waals surface area contributed by atoms with Crippen LogP contribution in [0.1, 0.15) is 5.56 Å². The summed E-state index contributed by atoms with van der Waals surface area (Å²) in [7, 11) is 0. The Hall–Kier alpha value is -9.50. The number of nitrogens with zero attached hydrogens (tertiary/aromatic N) is 5. The fourth-order valence-electron chi connectivity index (χ4n) is 9.47. The van der Waals surface area contributed by atoms with Gasteiger partial charge in [-0.05, 0) is 87.0 Å². The third kappa shape index (κ3) is 7.82. The molecular weight excluding hydrogens is 839 g/mol. The Bertz CT molecular complexity index is 3680. The van der Waals surface area contributed by atoms with Crippen LogP contribution in [0, 0.1) is 11.3 Å². The third-order valence-corrected chi connectivity index (χ3v) is 12.9. The predicted octanol–water partition coefficient (Wildman–Crippen LogP) is 16.2. The molecule has 0 unspecified atom stereocenters. The minimum absolute atomic E-state index is 0.559. The molecule has 0 bridgehead atoms. The molecule has 0 saturated carbocycles. The highest BCUT2D eigenvalue weighted by atomic mass is 15.0. The minimum atomic E-state index is 0.559. The zero-order valence-corrected chi connectivity index (χ0v) is 37.4. The molecule has 0 saturated heterocycles. The highest BCUT2D eigenvalue weighted by molar-refractivity contribution is 6.12. The van der Waals surface area contributed by atoms with Crippen molar-refractivity contribution in [2.45, 2.75) is 0 Å². The van der Waals surface area contributed by atoms with Gasteiger partial charge >= 0.3 is 0 Å². The van der Waals surface area contributed by atoms with Crippen molar-refractivity contribution in [1.29, 1.82) is 5.26 Å². The van der Waals surface area contributed by atoms with Crippen LogP contribution in [0.5, 0.6) is 0 Å². The topological polar surface area (TPSA) is 67.4 Å². The van der Waals surface area contributed by atoms with Gasteiger partial charge in [0.05, 0.1) is 28.4 Å². The monoisotopic (exact) mass is 879 g/mol. The van der Waals surface area contributed by atoms with Gasteiger partial charge in [0.25, 0.3) is 0 Å². The summed E-state index contributed by atoms with van der Waals surface area (Å²) in [6.45, 7) is 0. The van der Waals surface area contributed by atoms with E-state index in [1.807, 2.05) is 30.3 Å². The highest BCUT2D eigenvalue weighted by Gasteiger charge is 2.24. The normalized spacial score (nSPS) is 11.2. The van der Waals surface area contributed by atoms with Crippen LogP contribution in [0.4, 0.5) is 0 Å². The SMILES string of the molecule is N#Cc1ccc2c(c1)c1cc(-c3ccccc3)ccc1n2-c1c(-c2ccccc2)cc(-c2nc(-c3ccc(-c4ccccc4)cc3)nc(-c3ccc(-c4ccccc4)cc3)n2)cc1-c1ccccc1. The molecule has 0 aliphatic carbocycles. The molecule has 322 valence electrons. The van der Waals surface area contributed by atoms with Crippen molar-refractivity contribution < 1.29 is 0 Å². The first-order valence-electron chi connectivity index (χ1n) is 23.1. The third-order valence-electron chi connectivity index (χ3n) is 12.9. The van der Waals surface area contributed by atoms with Crippen molar-refractivity contribution in [2.24, 2.45) is 0 Å². The van der Waals surface area contributed by atoms with Crippen LogP contribution in [-0.2, 0) is 0 Å². The molecule has 0 atom stereocenters. The number of nitriles is 1. The van der Waals surface area contributed by atoms with Crippen molar-refractivity contribution in [1.82, 2.24) is 19.5 Å². The largest absolute Gasteiger partial charge is 0.308 e. The summed E-state index contributed by atoms with van der Waals surface area (Å²) in [4.78, 5) is 15.8. The second-order valence-electron chi connectivity index (χ2n) is 17.1. The van der Waals surface area contributed by atoms with Crippen molar-refractivity contribution in [3.05, 3.63) is 254 Å². The standard InChI is InChI=1S/C64H41N5/c65-42-43-26-36-59-57(38-43)58-39-53(46-20-10-3-11-21-46)35-37-60(58)69(59)61-55(49-22-12-4-13-23-49)40-54(41-56(61)50-24-14-5-15-25-50)64-67-62(51-31-27-47(28-32-51)44-16-6-1-7-17-44)66-63(68-64)52-33-29-48(30-34-52)45-18-8-2-9-19-45/h1-41H. The molecule has 2 aromatic heterocycles. The summed E-state index contributed by atoms with van der Waals surface area (Å²) in [5.74, 6) is 1.72. The molecule has 0 aliphatic rings. The van der Waals surface area contributed by atoms with Gasteiger partial charge < -0.3 is 4.57 Å². The van der Waals surface area contributed by atoms with Crippen LogP contribution in [-0.4, -0.2) is 19.5 Å². The quantitative estimate of drug-likeness (QED) is 0.145. The number of fused-ring (bicyclic) bond motifs is 3. The average Bonchev–Trinajstić information content (AvgIpc) is 3.76. The van der Waals surface area contributed by atoms with Crippen molar-refractivity contribution in [3.63, 3.8) is 0 Å². The highest BCUT2D eigenvalue weighted by Crippen LogP contribution is 2.45. The lowest BCUT2D eigenvalue weighted by atomic mass is 9.92. The fraction of sp³-hybridized carbons (Fsp3) is 0. The number of rotatable bonds is 9. The van der Waals surface area contributed by atoms with E-state index in [1.165, 1.54) is 0 Å². The lowest BCUT2D eigenvalue weighted by molar-refractivity contribution is 1.07. The Balaban J connectivity index is 1.11. The number of benzene rings is 10. The van der Waals surface area contributed by atoms with E-state index in [0.717, 1.165) is 99.8 Å². The smallest absolute Gasteiger partial charge is 0.164 e. The van der Waals surface area contributed by atoms with Crippen LogP contribution in [0.15, 0.2) is 249 Å². The maximum atomic E-state index is 10.2. The van der Waals surface area contributed by atoms with E-state index in [9.17, 15) is 5.26 Å². The van der Waals surface area contributed by atoms with Gasteiger partial charge in [0.15, 0.2) is 17.5 Å². The van der Waals surface area contributed by atoms with E-state index in [2.05, 4.69) is 229 Å². The lowest BCUT2D eigenvalue weighted by Crippen LogP contribution is -2.04. The molecule has 0 amide bonds. The number of hydrogen-bond donors (Lipinski definition) is 0. The van der Waals surface area contributed by atoms with Crippen molar-refractivity contribution in [2.75, 3.05) is 0 Å². The summed E-state index contributed by atoms with van der Waals surface area (Å²) in [6, 6.07) is 88.8. The maximum Gasteiger partial charge on any atom is 0.164 e. The predicted molar refractivity (Wildman–Crippen MR) is 282 cm³/mol.